The zero-order valence-electron chi connectivity index (χ0n) is 14.3. The molecule has 2 aliphatic rings. The minimum Gasteiger partial charge on any atom is -0.376 e. The first-order valence-corrected chi connectivity index (χ1v) is 9.95. The molecule has 0 spiro atoms. The van der Waals surface area contributed by atoms with Crippen LogP contribution in [-0.4, -0.2) is 49.4 Å². The van der Waals surface area contributed by atoms with Gasteiger partial charge in [0.15, 0.2) is 0 Å². The summed E-state index contributed by atoms with van der Waals surface area (Å²) >= 11 is 2.02. The smallest absolute Gasteiger partial charge is 0.315 e. The van der Waals surface area contributed by atoms with Crippen molar-refractivity contribution in [1.29, 1.82) is 0 Å². The van der Waals surface area contributed by atoms with E-state index in [2.05, 4.69) is 39.8 Å². The van der Waals surface area contributed by atoms with Crippen LogP contribution in [0.4, 0.5) is 10.5 Å². The molecule has 0 bridgehead atoms. The molecule has 2 saturated heterocycles. The fourth-order valence-electron chi connectivity index (χ4n) is 3.18. The molecule has 0 saturated carbocycles. The Morgan fingerprint density at radius 1 is 1.33 bits per heavy atom. The summed E-state index contributed by atoms with van der Waals surface area (Å²) in [6, 6.07) is 8.42. The molecule has 1 aromatic rings. The van der Waals surface area contributed by atoms with Crippen molar-refractivity contribution in [2.75, 3.05) is 36.1 Å². The maximum absolute atomic E-state index is 12.0. The predicted molar refractivity (Wildman–Crippen MR) is 99.8 cm³/mol. The van der Waals surface area contributed by atoms with Crippen LogP contribution < -0.4 is 15.5 Å². The van der Waals surface area contributed by atoms with E-state index in [1.165, 1.54) is 17.2 Å². The topological polar surface area (TPSA) is 53.6 Å². The van der Waals surface area contributed by atoms with Crippen LogP contribution in [0.1, 0.15) is 25.3 Å². The van der Waals surface area contributed by atoms with E-state index in [4.69, 9.17) is 4.74 Å². The van der Waals surface area contributed by atoms with Gasteiger partial charge in [0.1, 0.15) is 0 Å². The third kappa shape index (κ3) is 4.80. The molecule has 2 unspecified atom stereocenters. The summed E-state index contributed by atoms with van der Waals surface area (Å²) in [5, 5.41) is 5.90. The van der Waals surface area contributed by atoms with Crippen molar-refractivity contribution in [2.24, 2.45) is 0 Å². The molecule has 24 heavy (non-hydrogen) atoms. The molecule has 0 radical (unpaired) electrons. The van der Waals surface area contributed by atoms with Gasteiger partial charge in [-0.3, -0.25) is 0 Å². The van der Waals surface area contributed by atoms with Crippen molar-refractivity contribution < 1.29 is 9.53 Å². The highest BCUT2D eigenvalue weighted by molar-refractivity contribution is 7.99. The molecule has 2 fully saturated rings. The fraction of sp³-hybridized carbons (Fsp3) is 0.611. The van der Waals surface area contributed by atoms with Crippen LogP contribution in [0.2, 0.25) is 0 Å². The molecule has 5 nitrogen and oxygen atoms in total. The van der Waals surface area contributed by atoms with Crippen LogP contribution in [0.5, 0.6) is 0 Å². The molecule has 2 amide bonds. The fourth-order valence-corrected chi connectivity index (χ4v) is 4.08. The maximum Gasteiger partial charge on any atom is 0.315 e. The van der Waals surface area contributed by atoms with Crippen LogP contribution >= 0.6 is 11.8 Å². The lowest BCUT2D eigenvalue weighted by molar-refractivity contribution is 0.0860. The van der Waals surface area contributed by atoms with Gasteiger partial charge < -0.3 is 20.3 Å². The zero-order chi connectivity index (χ0) is 16.8. The van der Waals surface area contributed by atoms with Crippen LogP contribution in [-0.2, 0) is 11.3 Å². The molecule has 2 aliphatic heterocycles. The first-order valence-electron chi connectivity index (χ1n) is 8.80. The summed E-state index contributed by atoms with van der Waals surface area (Å²) < 4.78 is 5.60. The number of hydrogen-bond acceptors (Lipinski definition) is 4. The van der Waals surface area contributed by atoms with E-state index in [1.807, 2.05) is 18.7 Å². The Kier molecular flexibility index (Phi) is 6.26. The SMILES string of the molecule is CC(NC(=O)NCc1ccc(N2CCSCC2)cc1)C1CCCO1. The van der Waals surface area contributed by atoms with E-state index in [0.717, 1.165) is 38.1 Å². The minimum absolute atomic E-state index is 0.0480. The largest absolute Gasteiger partial charge is 0.376 e. The molecule has 3 rings (SSSR count). The number of hydrogen-bond donors (Lipinski definition) is 2. The summed E-state index contributed by atoms with van der Waals surface area (Å²) in [6.07, 6.45) is 2.26. The number of benzene rings is 1. The van der Waals surface area contributed by atoms with E-state index >= 15 is 0 Å². The molecule has 1 aromatic carbocycles. The van der Waals surface area contributed by atoms with E-state index in [0.29, 0.717) is 6.54 Å². The lowest BCUT2D eigenvalue weighted by Crippen LogP contribution is -2.45. The molecule has 0 aliphatic carbocycles. The number of nitrogens with one attached hydrogen (secondary N) is 2. The molecule has 2 heterocycles. The Bertz CT molecular complexity index is 526. The number of thioether (sulfide) groups is 1. The first-order chi connectivity index (χ1) is 11.7. The molecule has 2 N–H and O–H groups in total. The number of rotatable bonds is 5. The molecular weight excluding hydrogens is 322 g/mol. The van der Waals surface area contributed by atoms with Gasteiger partial charge >= 0.3 is 6.03 Å². The third-order valence-electron chi connectivity index (χ3n) is 4.65. The number of amides is 2. The van der Waals surface area contributed by atoms with Gasteiger partial charge in [-0.15, -0.1) is 0 Å². The third-order valence-corrected chi connectivity index (χ3v) is 5.59. The number of carbonyl (C=O) groups excluding carboxylic acids is 1. The second-order valence-corrected chi connectivity index (χ2v) is 7.66. The average molecular weight is 350 g/mol. The Morgan fingerprint density at radius 2 is 2.08 bits per heavy atom. The Hall–Kier alpha value is -1.40. The van der Waals surface area contributed by atoms with E-state index < -0.39 is 0 Å². The highest BCUT2D eigenvalue weighted by Gasteiger charge is 2.23. The number of nitrogens with zero attached hydrogens (tertiary/aromatic N) is 1. The van der Waals surface area contributed by atoms with Gasteiger partial charge in [-0.25, -0.2) is 4.79 Å². The summed E-state index contributed by atoms with van der Waals surface area (Å²) in [6.45, 7) is 5.58. The van der Waals surface area contributed by atoms with Gasteiger partial charge in [-0.1, -0.05) is 12.1 Å². The van der Waals surface area contributed by atoms with Crippen molar-refractivity contribution in [3.05, 3.63) is 29.8 Å². The monoisotopic (exact) mass is 349 g/mol. The number of ether oxygens (including phenoxy) is 1. The summed E-state index contributed by atoms with van der Waals surface area (Å²) in [5.41, 5.74) is 2.39. The van der Waals surface area contributed by atoms with E-state index in [1.54, 1.807) is 0 Å². The van der Waals surface area contributed by atoms with Crippen molar-refractivity contribution in [3.63, 3.8) is 0 Å². The Morgan fingerprint density at radius 3 is 2.75 bits per heavy atom. The number of urea groups is 1. The average Bonchev–Trinajstić information content (AvgIpc) is 3.16. The predicted octanol–water partition coefficient (Wildman–Crippen LogP) is 2.61. The number of anilines is 1. The maximum atomic E-state index is 12.0. The second kappa shape index (κ2) is 8.62. The molecule has 2 atom stereocenters. The lowest BCUT2D eigenvalue weighted by atomic mass is 10.1. The lowest BCUT2D eigenvalue weighted by Gasteiger charge is -2.28. The van der Waals surface area contributed by atoms with E-state index in [-0.39, 0.29) is 18.2 Å². The van der Waals surface area contributed by atoms with Gasteiger partial charge in [0.2, 0.25) is 0 Å². The molecular formula is C18H27N3O2S. The van der Waals surface area contributed by atoms with Crippen molar-refractivity contribution >= 4 is 23.5 Å². The highest BCUT2D eigenvalue weighted by atomic mass is 32.2. The second-order valence-electron chi connectivity index (χ2n) is 6.43. The van der Waals surface area contributed by atoms with Crippen LogP contribution in [0.15, 0.2) is 24.3 Å². The summed E-state index contributed by atoms with van der Waals surface area (Å²) in [5.74, 6) is 2.40. The van der Waals surface area contributed by atoms with Crippen molar-refractivity contribution in [2.45, 2.75) is 38.5 Å². The van der Waals surface area contributed by atoms with Gasteiger partial charge in [0.05, 0.1) is 12.1 Å². The minimum atomic E-state index is -0.130. The zero-order valence-corrected chi connectivity index (χ0v) is 15.1. The normalized spacial score (nSPS) is 22.2. The Balaban J connectivity index is 1.43. The van der Waals surface area contributed by atoms with Crippen LogP contribution in [0.25, 0.3) is 0 Å². The van der Waals surface area contributed by atoms with Gasteiger partial charge in [-0.2, -0.15) is 11.8 Å². The van der Waals surface area contributed by atoms with Crippen LogP contribution in [0.3, 0.4) is 0 Å². The van der Waals surface area contributed by atoms with Crippen molar-refractivity contribution in [3.8, 4) is 0 Å². The van der Waals surface area contributed by atoms with Crippen molar-refractivity contribution in [1.82, 2.24) is 10.6 Å². The first kappa shape index (κ1) is 17.4. The summed E-state index contributed by atoms with van der Waals surface area (Å²) in [4.78, 5) is 14.4. The standard InChI is InChI=1S/C18H27N3O2S/c1-14(17-3-2-10-23-17)20-18(22)19-13-15-4-6-16(7-5-15)21-8-11-24-12-9-21/h4-7,14,17H,2-3,8-13H2,1H3,(H2,19,20,22). The van der Waals surface area contributed by atoms with E-state index in [9.17, 15) is 4.79 Å². The highest BCUT2D eigenvalue weighted by Crippen LogP contribution is 2.20. The van der Waals surface area contributed by atoms with Crippen LogP contribution in [0, 0.1) is 0 Å². The molecule has 0 aromatic heterocycles. The van der Waals surface area contributed by atoms with Gasteiger partial charge in [-0.05, 0) is 37.5 Å². The summed E-state index contributed by atoms with van der Waals surface area (Å²) in [7, 11) is 0. The number of carbonyl (C=O) groups is 1. The Labute approximate surface area is 148 Å². The van der Waals surface area contributed by atoms with Gasteiger partial charge in [0, 0.05) is 43.4 Å². The quantitative estimate of drug-likeness (QED) is 0.858. The van der Waals surface area contributed by atoms with Gasteiger partial charge in [0.25, 0.3) is 0 Å². The molecule has 132 valence electrons. The molecule has 6 heteroatoms.